The Bertz CT molecular complexity index is 843. The van der Waals surface area contributed by atoms with E-state index in [2.05, 4.69) is 0 Å². The van der Waals surface area contributed by atoms with Gasteiger partial charge in [0.05, 0.1) is 11.9 Å². The highest BCUT2D eigenvalue weighted by Gasteiger charge is 2.29. The summed E-state index contributed by atoms with van der Waals surface area (Å²) in [4.78, 5) is 38.8. The third kappa shape index (κ3) is 5.22. The maximum Gasteiger partial charge on any atom is 0.253 e. The molecular weight excluding hydrogens is 384 g/mol. The molecule has 0 radical (unpaired) electrons. The monoisotopic (exact) mass is 410 g/mol. The van der Waals surface area contributed by atoms with Gasteiger partial charge in [0.15, 0.2) is 0 Å². The Kier molecular flexibility index (Phi) is 6.65. The summed E-state index contributed by atoms with van der Waals surface area (Å²) in [5, 5.41) is 0. The fourth-order valence-corrected chi connectivity index (χ4v) is 3.91. The Morgan fingerprint density at radius 2 is 1.64 bits per heavy atom. The highest BCUT2D eigenvalue weighted by atomic mass is 32.2. The van der Waals surface area contributed by atoms with Crippen molar-refractivity contribution in [2.45, 2.75) is 12.8 Å². The van der Waals surface area contributed by atoms with Crippen LogP contribution in [-0.4, -0.2) is 75.9 Å². The zero-order valence-corrected chi connectivity index (χ0v) is 17.1. The van der Waals surface area contributed by atoms with E-state index >= 15 is 0 Å². The lowest BCUT2D eigenvalue weighted by Gasteiger charge is -2.32. The van der Waals surface area contributed by atoms with Gasteiger partial charge in [-0.3, -0.25) is 18.7 Å². The summed E-state index contributed by atoms with van der Waals surface area (Å²) in [5.74, 6) is -1.18. The van der Waals surface area contributed by atoms with Crippen molar-refractivity contribution in [2.24, 2.45) is 11.7 Å². The van der Waals surface area contributed by atoms with Gasteiger partial charge < -0.3 is 15.5 Å². The van der Waals surface area contributed by atoms with Gasteiger partial charge in [-0.25, -0.2) is 8.42 Å². The number of nitrogens with two attached hydrogens (primary N) is 1. The van der Waals surface area contributed by atoms with Crippen LogP contribution in [0, 0.1) is 5.92 Å². The second kappa shape index (κ2) is 8.59. The van der Waals surface area contributed by atoms with Crippen LogP contribution in [0.4, 0.5) is 5.69 Å². The molecule has 1 aliphatic rings. The summed E-state index contributed by atoms with van der Waals surface area (Å²) in [6, 6.07) is 6.06. The molecule has 10 heteroatoms. The van der Waals surface area contributed by atoms with Gasteiger partial charge in [0.25, 0.3) is 5.91 Å². The van der Waals surface area contributed by atoms with Gasteiger partial charge in [0.2, 0.25) is 21.8 Å². The molecule has 3 amide bonds. The van der Waals surface area contributed by atoms with E-state index in [1.54, 1.807) is 19.0 Å². The molecule has 0 aromatic heterocycles. The quantitative estimate of drug-likeness (QED) is 0.701. The molecule has 1 aromatic rings. The minimum absolute atomic E-state index is 0.203. The average Bonchev–Trinajstić information content (AvgIpc) is 2.64. The Labute approximate surface area is 165 Å². The number of sulfonamides is 1. The number of likely N-dealkylation sites (tertiary alicyclic amines) is 1. The van der Waals surface area contributed by atoms with Gasteiger partial charge in [0, 0.05) is 38.7 Å². The number of hydrogen-bond donors (Lipinski definition) is 1. The predicted octanol–water partition coefficient (Wildman–Crippen LogP) is -0.122. The lowest BCUT2D eigenvalue weighted by atomic mass is 9.96. The van der Waals surface area contributed by atoms with Crippen molar-refractivity contribution < 1.29 is 22.8 Å². The zero-order chi connectivity index (χ0) is 21.1. The highest BCUT2D eigenvalue weighted by Crippen LogP contribution is 2.21. The number of piperidine rings is 1. The number of carbonyl (C=O) groups is 3. The van der Waals surface area contributed by atoms with Crippen molar-refractivity contribution in [2.75, 3.05) is 44.3 Å². The summed E-state index contributed by atoms with van der Waals surface area (Å²) in [5.41, 5.74) is 6.02. The molecule has 0 bridgehead atoms. The third-order valence-corrected chi connectivity index (χ3v) is 5.88. The number of amides is 3. The fourth-order valence-electron chi connectivity index (χ4n) is 3.06. The molecule has 0 saturated carbocycles. The molecule has 2 N–H and O–H groups in total. The van der Waals surface area contributed by atoms with Crippen LogP contribution in [0.3, 0.4) is 0 Å². The van der Waals surface area contributed by atoms with Crippen LogP contribution in [0.5, 0.6) is 0 Å². The minimum atomic E-state index is -3.71. The van der Waals surface area contributed by atoms with Crippen molar-refractivity contribution in [3.05, 3.63) is 29.8 Å². The molecule has 1 aliphatic heterocycles. The number of primary amides is 1. The van der Waals surface area contributed by atoms with E-state index in [0.29, 0.717) is 37.2 Å². The normalized spacial score (nSPS) is 15.2. The van der Waals surface area contributed by atoms with Gasteiger partial charge >= 0.3 is 0 Å². The van der Waals surface area contributed by atoms with E-state index in [1.807, 2.05) is 0 Å². The van der Waals surface area contributed by atoms with Crippen LogP contribution < -0.4 is 10.0 Å². The number of benzene rings is 1. The van der Waals surface area contributed by atoms with Crippen LogP contribution in [0.1, 0.15) is 23.2 Å². The molecule has 0 atom stereocenters. The maximum atomic E-state index is 12.6. The number of rotatable bonds is 6. The first kappa shape index (κ1) is 21.7. The molecule has 1 saturated heterocycles. The van der Waals surface area contributed by atoms with Crippen molar-refractivity contribution in [1.29, 1.82) is 0 Å². The molecule has 2 rings (SSSR count). The molecule has 1 heterocycles. The largest absolute Gasteiger partial charge is 0.369 e. The van der Waals surface area contributed by atoms with Crippen LogP contribution in [0.25, 0.3) is 0 Å². The lowest BCUT2D eigenvalue weighted by molar-refractivity contribution is -0.133. The third-order valence-electron chi connectivity index (χ3n) is 4.74. The van der Waals surface area contributed by atoms with E-state index in [0.717, 1.165) is 10.6 Å². The first-order valence-corrected chi connectivity index (χ1v) is 10.7. The number of hydrogen-bond acceptors (Lipinski definition) is 5. The number of nitrogens with zero attached hydrogens (tertiary/aromatic N) is 3. The summed E-state index contributed by atoms with van der Waals surface area (Å²) in [7, 11) is -0.461. The smallest absolute Gasteiger partial charge is 0.253 e. The van der Waals surface area contributed by atoms with Crippen molar-refractivity contribution in [1.82, 2.24) is 9.80 Å². The van der Waals surface area contributed by atoms with E-state index in [9.17, 15) is 22.8 Å². The lowest BCUT2D eigenvalue weighted by Crippen LogP contribution is -2.47. The fraction of sp³-hybridized carbons (Fsp3) is 0.500. The van der Waals surface area contributed by atoms with Gasteiger partial charge in [0.1, 0.15) is 6.54 Å². The number of carbonyl (C=O) groups excluding carboxylic acids is 3. The van der Waals surface area contributed by atoms with E-state index in [1.165, 1.54) is 29.2 Å². The Morgan fingerprint density at radius 3 is 2.07 bits per heavy atom. The van der Waals surface area contributed by atoms with Crippen molar-refractivity contribution >= 4 is 33.4 Å². The second-order valence-corrected chi connectivity index (χ2v) is 8.98. The predicted molar refractivity (Wildman–Crippen MR) is 105 cm³/mol. The van der Waals surface area contributed by atoms with Gasteiger partial charge in [-0.1, -0.05) is 0 Å². The Hall–Kier alpha value is -2.62. The highest BCUT2D eigenvalue weighted by molar-refractivity contribution is 7.92. The molecule has 0 unspecified atom stereocenters. The SMILES string of the molecule is CN(C)C(=O)c1ccc(N(CC(=O)N2CCC(C(N)=O)CC2)S(C)(=O)=O)cc1. The number of anilines is 1. The zero-order valence-electron chi connectivity index (χ0n) is 16.3. The van der Waals surface area contributed by atoms with Crippen molar-refractivity contribution in [3.63, 3.8) is 0 Å². The average molecular weight is 410 g/mol. The van der Waals surface area contributed by atoms with Crippen LogP contribution in [0.15, 0.2) is 24.3 Å². The second-order valence-electron chi connectivity index (χ2n) is 7.07. The van der Waals surface area contributed by atoms with Gasteiger partial charge in [-0.2, -0.15) is 0 Å². The molecular formula is C18H26N4O5S. The van der Waals surface area contributed by atoms with Crippen LogP contribution >= 0.6 is 0 Å². The van der Waals surface area contributed by atoms with Crippen LogP contribution in [0.2, 0.25) is 0 Å². The molecule has 1 aromatic carbocycles. The summed E-state index contributed by atoms with van der Waals surface area (Å²) < 4.78 is 25.5. The van der Waals surface area contributed by atoms with Crippen molar-refractivity contribution in [3.8, 4) is 0 Å². The van der Waals surface area contributed by atoms with E-state index in [-0.39, 0.29) is 30.2 Å². The standard InChI is InChI=1S/C18H26N4O5S/c1-20(2)18(25)14-4-6-15(7-5-14)22(28(3,26)27)12-16(23)21-10-8-13(9-11-21)17(19)24/h4-7,13H,8-12H2,1-3H3,(H2,19,24). The summed E-state index contributed by atoms with van der Waals surface area (Å²) in [6.45, 7) is 0.377. The summed E-state index contributed by atoms with van der Waals surface area (Å²) >= 11 is 0. The Balaban J connectivity index is 2.14. The molecule has 28 heavy (non-hydrogen) atoms. The molecule has 0 aliphatic carbocycles. The molecule has 1 fully saturated rings. The summed E-state index contributed by atoms with van der Waals surface area (Å²) in [6.07, 6.45) is 1.97. The minimum Gasteiger partial charge on any atom is -0.369 e. The molecule has 0 spiro atoms. The first-order chi connectivity index (χ1) is 13.0. The maximum absolute atomic E-state index is 12.6. The van der Waals surface area contributed by atoms with E-state index in [4.69, 9.17) is 5.73 Å². The van der Waals surface area contributed by atoms with Gasteiger partial charge in [-0.05, 0) is 37.1 Å². The van der Waals surface area contributed by atoms with E-state index < -0.39 is 10.0 Å². The molecule has 9 nitrogen and oxygen atoms in total. The molecule has 154 valence electrons. The van der Waals surface area contributed by atoms with Gasteiger partial charge in [-0.15, -0.1) is 0 Å². The topological polar surface area (TPSA) is 121 Å². The Morgan fingerprint density at radius 1 is 1.11 bits per heavy atom. The first-order valence-electron chi connectivity index (χ1n) is 8.87. The van der Waals surface area contributed by atoms with Crippen LogP contribution in [-0.2, 0) is 19.6 Å².